The molecule has 0 fully saturated rings. The smallest absolute Gasteiger partial charge is 0.287 e. The molecule has 0 amide bonds. The summed E-state index contributed by atoms with van der Waals surface area (Å²) < 4.78 is 343. The number of nitro benzene ring substituents is 1. The number of rotatable bonds is 10. The molecule has 0 radical (unpaired) electrons. The molecule has 31 heteroatoms. The fourth-order valence-corrected chi connectivity index (χ4v) is 8.65. The number of benzene rings is 6. The monoisotopic (exact) mass is 1200 g/mol. The van der Waals surface area contributed by atoms with Crippen LogP contribution in [0.2, 0.25) is 0 Å². The molecule has 436 valence electrons. The lowest BCUT2D eigenvalue weighted by molar-refractivity contribution is -0.690. The van der Waals surface area contributed by atoms with Crippen LogP contribution in [0.1, 0.15) is 66.1 Å². The average molecular weight is 1200 g/mol. The summed E-state index contributed by atoms with van der Waals surface area (Å²) in [5.74, 6) is -0.00269. The number of ketones is 1. The van der Waals surface area contributed by atoms with Crippen LogP contribution in [0.3, 0.4) is 0 Å². The number of hydrogen-bond donors (Lipinski definition) is 0. The molecule has 7 rings (SSSR count). The van der Waals surface area contributed by atoms with Crippen LogP contribution < -0.4 is 26.4 Å². The molecule has 0 unspecified atom stereocenters. The molecule has 0 N–H and O–H groups in total. The first kappa shape index (κ1) is 63.0. The number of aromatic nitrogens is 2. The molecule has 0 aliphatic carbocycles. The Labute approximate surface area is 443 Å². The third-order valence-corrected chi connectivity index (χ3v) is 12.3. The molecule has 1 aromatic heterocycles. The number of halogens is 24. The van der Waals surface area contributed by atoms with Gasteiger partial charge in [-0.05, 0) is 29.8 Å². The van der Waals surface area contributed by atoms with Crippen molar-refractivity contribution in [2.75, 3.05) is 0 Å². The van der Waals surface area contributed by atoms with Crippen LogP contribution in [0, 0.1) is 10.1 Å². The van der Waals surface area contributed by atoms with Gasteiger partial charge in [-0.25, -0.2) is 0 Å². The quantitative estimate of drug-likeness (QED) is 0.0341. The molecule has 6 aromatic carbocycles. The number of nitro groups is 1. The molecule has 0 aliphatic rings. The Morgan fingerprint density at radius 2 is 0.756 bits per heavy atom. The van der Waals surface area contributed by atoms with E-state index < -0.39 is 200 Å². The molecule has 0 saturated carbocycles. The maximum atomic E-state index is 14.2. The van der Waals surface area contributed by atoms with Gasteiger partial charge in [0.25, 0.3) is 5.69 Å². The molecular formula is C51H28BF24N3O3. The van der Waals surface area contributed by atoms with Crippen LogP contribution >= 0.6 is 0 Å². The predicted octanol–water partition coefficient (Wildman–Crippen LogP) is 14.0. The predicted molar refractivity (Wildman–Crippen MR) is 241 cm³/mol. The van der Waals surface area contributed by atoms with Crippen molar-refractivity contribution in [1.29, 1.82) is 0 Å². The van der Waals surface area contributed by atoms with Gasteiger partial charge >= 0.3 is 49.4 Å². The highest BCUT2D eigenvalue weighted by molar-refractivity contribution is 7.20. The van der Waals surface area contributed by atoms with Gasteiger partial charge in [0, 0.05) is 17.7 Å². The number of hydrogen-bond acceptors (Lipinski definition) is 4. The van der Waals surface area contributed by atoms with Crippen molar-refractivity contribution < 1.29 is 120 Å². The van der Waals surface area contributed by atoms with Crippen molar-refractivity contribution in [2.45, 2.75) is 62.4 Å². The SMILES string of the molecule is FC(F)(F)c1cc([B-](c2cc(C(F)(F)F)cc(C(F)(F)F)c2)(c2cc(C(F)(F)F)cc(C(F)(F)F)c2)c2cc(C(F)(F)F)cc(C(F)(F)F)c2)cc(C(F)(F)F)c1.O=C(C[n+]1ccncc1Cc1cccc([N+](=O)[O-])c1)c1ccccc1. The summed E-state index contributed by atoms with van der Waals surface area (Å²) in [6, 6.07) is 6.75. The summed E-state index contributed by atoms with van der Waals surface area (Å²) in [4.78, 5) is 27.0. The van der Waals surface area contributed by atoms with E-state index in [9.17, 15) is 120 Å². The zero-order valence-electron chi connectivity index (χ0n) is 40.0. The Hall–Kier alpha value is -8.15. The van der Waals surface area contributed by atoms with Crippen molar-refractivity contribution in [3.63, 3.8) is 0 Å². The van der Waals surface area contributed by atoms with Gasteiger partial charge in [0.15, 0.2) is 6.20 Å². The van der Waals surface area contributed by atoms with Crippen LogP contribution in [0.5, 0.6) is 0 Å². The molecule has 0 spiro atoms. The number of nitrogens with zero attached hydrogens (tertiary/aromatic N) is 3. The zero-order valence-corrected chi connectivity index (χ0v) is 40.0. The lowest BCUT2D eigenvalue weighted by Crippen LogP contribution is -2.75. The fourth-order valence-electron chi connectivity index (χ4n) is 8.65. The van der Waals surface area contributed by atoms with E-state index in [1.807, 2.05) is 28.8 Å². The standard InChI is InChI=1S/C32H12BF24.C19H16N3O3/c34-25(35,36)13-1-14(26(37,38)39)6-21(5-13)33(22-7-15(27(40,41)42)2-16(8-22)28(43,44)45,23-9-17(29(46,47)48)3-18(10-23)30(49,50)51)24-11-19(31(52,53)54)4-20(12-24)32(55,56)57;23-19(16-6-2-1-3-7-16)14-21-10-9-20-13-18(21)12-15-5-4-8-17(11-15)22(24)25/h1-12H;1-11,13H,12,14H2/q-1;+1. The Bertz CT molecular complexity index is 3050. The van der Waals surface area contributed by atoms with Gasteiger partial charge in [-0.1, -0.05) is 91.0 Å². The molecule has 7 aromatic rings. The van der Waals surface area contributed by atoms with E-state index in [2.05, 4.69) is 4.98 Å². The van der Waals surface area contributed by atoms with Crippen LogP contribution in [0.25, 0.3) is 0 Å². The normalized spacial score (nSPS) is 13.1. The summed E-state index contributed by atoms with van der Waals surface area (Å²) in [7, 11) is 0. The summed E-state index contributed by atoms with van der Waals surface area (Å²) in [5, 5.41) is 10.9. The zero-order chi connectivity index (χ0) is 61.6. The number of carbonyl (C=O) groups excluding carboxylic acids is 1. The summed E-state index contributed by atoms with van der Waals surface area (Å²) in [6.07, 6.45) is -49.3. The number of Topliss-reactive ketones (excluding diaryl/α,β-unsaturated/α-hetero) is 1. The first-order valence-corrected chi connectivity index (χ1v) is 22.4. The van der Waals surface area contributed by atoms with Crippen LogP contribution in [0.15, 0.2) is 146 Å². The van der Waals surface area contributed by atoms with Crippen molar-refractivity contribution in [3.8, 4) is 0 Å². The van der Waals surface area contributed by atoms with Crippen molar-refractivity contribution in [2.24, 2.45) is 0 Å². The first-order valence-electron chi connectivity index (χ1n) is 22.4. The second-order valence-corrected chi connectivity index (χ2v) is 17.8. The minimum atomic E-state index is -6.13. The summed E-state index contributed by atoms with van der Waals surface area (Å²) in [6.45, 7) is 0.191. The van der Waals surface area contributed by atoms with Gasteiger partial charge in [0.1, 0.15) is 6.15 Å². The minimum Gasteiger partial charge on any atom is -0.287 e. The molecule has 6 nitrogen and oxygen atoms in total. The summed E-state index contributed by atoms with van der Waals surface area (Å²) >= 11 is 0. The van der Waals surface area contributed by atoms with Crippen LogP contribution in [-0.4, -0.2) is 21.8 Å². The van der Waals surface area contributed by atoms with E-state index in [0.717, 1.165) is 11.3 Å². The van der Waals surface area contributed by atoms with Crippen molar-refractivity contribution >= 4 is 39.5 Å². The molecule has 0 saturated heterocycles. The lowest BCUT2D eigenvalue weighted by Gasteiger charge is -2.46. The highest BCUT2D eigenvalue weighted by atomic mass is 19.4. The van der Waals surface area contributed by atoms with E-state index >= 15 is 0 Å². The molecule has 82 heavy (non-hydrogen) atoms. The number of carbonyl (C=O) groups is 1. The van der Waals surface area contributed by atoms with E-state index in [0.29, 0.717) is 12.0 Å². The van der Waals surface area contributed by atoms with Gasteiger partial charge in [0.2, 0.25) is 18.0 Å². The minimum absolute atomic E-state index is 0.00269. The van der Waals surface area contributed by atoms with E-state index in [1.165, 1.54) is 12.1 Å². The maximum absolute atomic E-state index is 14.2. The van der Waals surface area contributed by atoms with E-state index in [4.69, 9.17) is 0 Å². The molecule has 0 aliphatic heterocycles. The van der Waals surface area contributed by atoms with Gasteiger partial charge in [-0.3, -0.25) is 19.9 Å². The van der Waals surface area contributed by atoms with Crippen LogP contribution in [-0.2, 0) is 62.4 Å². The van der Waals surface area contributed by atoms with Crippen molar-refractivity contribution in [1.82, 2.24) is 4.98 Å². The van der Waals surface area contributed by atoms with Gasteiger partial charge in [0.05, 0.1) is 68.2 Å². The fraction of sp³-hybridized carbons (Fsp3) is 0.196. The topological polar surface area (TPSA) is 77.0 Å². The highest BCUT2D eigenvalue weighted by Gasteiger charge is 2.47. The van der Waals surface area contributed by atoms with Crippen LogP contribution in [0.4, 0.5) is 111 Å². The molecule has 1 heterocycles. The maximum Gasteiger partial charge on any atom is 0.416 e. The lowest BCUT2D eigenvalue weighted by atomic mass is 9.12. The van der Waals surface area contributed by atoms with E-state index in [1.54, 1.807) is 36.8 Å². The average Bonchev–Trinajstić information content (AvgIpc) is 1.98. The number of non-ortho nitro benzene ring substituents is 1. The van der Waals surface area contributed by atoms with Gasteiger partial charge in [-0.2, -0.15) is 132 Å². The van der Waals surface area contributed by atoms with Crippen molar-refractivity contribution in [3.05, 3.63) is 217 Å². The van der Waals surface area contributed by atoms with Gasteiger partial charge < -0.3 is 0 Å². The second kappa shape index (κ2) is 22.3. The first-order chi connectivity index (χ1) is 37.4. The molecular weight excluding hydrogens is 1170 g/mol. The summed E-state index contributed by atoms with van der Waals surface area (Å²) in [5.41, 5.74) is -27.9. The Balaban J connectivity index is 0.000000357. The molecule has 0 atom stereocenters. The highest BCUT2D eigenvalue weighted by Crippen LogP contribution is 2.41. The van der Waals surface area contributed by atoms with E-state index in [-0.39, 0.29) is 18.0 Å². The molecule has 0 bridgehead atoms. The third kappa shape index (κ3) is 14.7. The third-order valence-electron chi connectivity index (χ3n) is 12.3. The Morgan fingerprint density at radius 1 is 0.439 bits per heavy atom. The second-order valence-electron chi connectivity index (χ2n) is 17.8. The number of alkyl halides is 24. The Morgan fingerprint density at radius 3 is 1.05 bits per heavy atom. The largest absolute Gasteiger partial charge is 0.416 e. The Kier molecular flexibility index (Phi) is 17.2. The van der Waals surface area contributed by atoms with Gasteiger partial charge in [-0.15, -0.1) is 0 Å².